The first-order chi connectivity index (χ1) is 8.95. The normalized spacial score (nSPS) is 12.1. The first-order valence-electron chi connectivity index (χ1n) is 6.30. The average molecular weight is 263 g/mol. The summed E-state index contributed by atoms with van der Waals surface area (Å²) >= 11 is 0. The second-order valence-electron chi connectivity index (χ2n) is 4.77. The average Bonchev–Trinajstić information content (AvgIpc) is 2.39. The van der Waals surface area contributed by atoms with Crippen molar-refractivity contribution in [3.8, 4) is 0 Å². The van der Waals surface area contributed by atoms with Crippen LogP contribution in [0.4, 0.5) is 5.69 Å². The number of benzene rings is 1. The summed E-state index contributed by atoms with van der Waals surface area (Å²) in [5.41, 5.74) is 7.20. The Morgan fingerprint density at radius 2 is 1.89 bits per heavy atom. The van der Waals surface area contributed by atoms with Crippen LogP contribution in [0.5, 0.6) is 0 Å². The third kappa shape index (κ3) is 4.37. The highest BCUT2D eigenvalue weighted by atomic mass is 16.2. The summed E-state index contributed by atoms with van der Waals surface area (Å²) in [6, 6.07) is 6.66. The molecule has 0 aliphatic carbocycles. The Labute approximate surface area is 113 Å². The highest BCUT2D eigenvalue weighted by molar-refractivity contribution is 5.96. The first kappa shape index (κ1) is 15.2. The van der Waals surface area contributed by atoms with Gasteiger partial charge in [0.25, 0.3) is 0 Å². The first-order valence-corrected chi connectivity index (χ1v) is 6.30. The molecule has 4 N–H and O–H groups in total. The van der Waals surface area contributed by atoms with Crippen LogP contribution in [-0.2, 0) is 16.0 Å². The maximum atomic E-state index is 11.9. The van der Waals surface area contributed by atoms with Crippen molar-refractivity contribution in [3.63, 3.8) is 0 Å². The van der Waals surface area contributed by atoms with Crippen LogP contribution in [-0.4, -0.2) is 24.9 Å². The van der Waals surface area contributed by atoms with Gasteiger partial charge in [-0.15, -0.1) is 0 Å². The van der Waals surface area contributed by atoms with Crippen LogP contribution in [0.2, 0.25) is 0 Å². The monoisotopic (exact) mass is 263 g/mol. The van der Waals surface area contributed by atoms with Crippen molar-refractivity contribution in [3.05, 3.63) is 29.8 Å². The van der Waals surface area contributed by atoms with Gasteiger partial charge in [-0.1, -0.05) is 32.0 Å². The van der Waals surface area contributed by atoms with Crippen LogP contribution in [0, 0.1) is 5.92 Å². The minimum Gasteiger partial charge on any atom is -0.359 e. The molecule has 0 radical (unpaired) electrons. The molecule has 1 aromatic rings. The third-order valence-electron chi connectivity index (χ3n) is 2.93. The van der Waals surface area contributed by atoms with Crippen molar-refractivity contribution >= 4 is 17.5 Å². The molecular weight excluding hydrogens is 242 g/mol. The summed E-state index contributed by atoms with van der Waals surface area (Å²) in [5.74, 6) is -0.277. The summed E-state index contributed by atoms with van der Waals surface area (Å²) in [6.45, 7) is 3.78. The van der Waals surface area contributed by atoms with E-state index in [1.54, 1.807) is 13.1 Å². The van der Waals surface area contributed by atoms with E-state index in [9.17, 15) is 9.59 Å². The third-order valence-corrected chi connectivity index (χ3v) is 2.93. The lowest BCUT2D eigenvalue weighted by Gasteiger charge is -2.17. The van der Waals surface area contributed by atoms with Crippen molar-refractivity contribution in [2.45, 2.75) is 26.3 Å². The number of nitrogens with two attached hydrogens (primary N) is 1. The number of hydrogen-bond acceptors (Lipinski definition) is 3. The number of amides is 2. The Hall–Kier alpha value is -1.88. The molecule has 104 valence electrons. The molecule has 1 unspecified atom stereocenters. The summed E-state index contributed by atoms with van der Waals surface area (Å²) in [7, 11) is 1.58. The quantitative estimate of drug-likeness (QED) is 0.738. The molecule has 0 spiro atoms. The van der Waals surface area contributed by atoms with E-state index in [1.165, 1.54) is 0 Å². The van der Waals surface area contributed by atoms with Gasteiger partial charge in [-0.3, -0.25) is 9.59 Å². The van der Waals surface area contributed by atoms with E-state index >= 15 is 0 Å². The molecule has 0 aliphatic heterocycles. The van der Waals surface area contributed by atoms with Gasteiger partial charge in [0.05, 0.1) is 12.5 Å². The van der Waals surface area contributed by atoms with E-state index in [1.807, 2.05) is 32.0 Å². The zero-order chi connectivity index (χ0) is 14.4. The molecular formula is C14H21N3O2. The predicted octanol–water partition coefficient (Wildman–Crippen LogP) is 0.897. The van der Waals surface area contributed by atoms with E-state index in [0.717, 1.165) is 5.56 Å². The van der Waals surface area contributed by atoms with Gasteiger partial charge in [-0.2, -0.15) is 0 Å². The van der Waals surface area contributed by atoms with Crippen molar-refractivity contribution in [2.75, 3.05) is 12.4 Å². The molecule has 0 saturated heterocycles. The molecule has 0 aliphatic rings. The Kier molecular flexibility index (Phi) is 5.51. The number of para-hydroxylation sites is 1. The van der Waals surface area contributed by atoms with Crippen molar-refractivity contribution in [2.24, 2.45) is 11.7 Å². The van der Waals surface area contributed by atoms with Gasteiger partial charge in [-0.05, 0) is 17.5 Å². The molecule has 0 bridgehead atoms. The predicted molar refractivity (Wildman–Crippen MR) is 75.7 cm³/mol. The van der Waals surface area contributed by atoms with E-state index in [4.69, 9.17) is 5.73 Å². The standard InChI is InChI=1S/C14H21N3O2/c1-9(2)13(15)14(19)17-11-7-5-4-6-10(11)8-12(18)16-3/h4-7,9,13H,8,15H2,1-3H3,(H,16,18)(H,17,19). The van der Waals surface area contributed by atoms with Crippen LogP contribution in [0.1, 0.15) is 19.4 Å². The van der Waals surface area contributed by atoms with Crippen LogP contribution in [0.3, 0.4) is 0 Å². The van der Waals surface area contributed by atoms with Crippen molar-refractivity contribution in [1.82, 2.24) is 5.32 Å². The van der Waals surface area contributed by atoms with Gasteiger partial charge in [0.2, 0.25) is 11.8 Å². The fourth-order valence-electron chi connectivity index (χ4n) is 1.58. The summed E-state index contributed by atoms with van der Waals surface area (Å²) in [6.07, 6.45) is 0.226. The van der Waals surface area contributed by atoms with Crippen molar-refractivity contribution < 1.29 is 9.59 Å². The van der Waals surface area contributed by atoms with Crippen LogP contribution in [0.15, 0.2) is 24.3 Å². The van der Waals surface area contributed by atoms with Gasteiger partial charge >= 0.3 is 0 Å². The Morgan fingerprint density at radius 3 is 2.47 bits per heavy atom. The Bertz CT molecular complexity index is 458. The number of hydrogen-bond donors (Lipinski definition) is 3. The van der Waals surface area contributed by atoms with Crippen LogP contribution >= 0.6 is 0 Å². The molecule has 5 heteroatoms. The van der Waals surface area contributed by atoms with Gasteiger partial charge < -0.3 is 16.4 Å². The zero-order valence-electron chi connectivity index (χ0n) is 11.6. The topological polar surface area (TPSA) is 84.2 Å². The second-order valence-corrected chi connectivity index (χ2v) is 4.77. The number of rotatable bonds is 5. The maximum absolute atomic E-state index is 11.9. The Morgan fingerprint density at radius 1 is 1.26 bits per heavy atom. The lowest BCUT2D eigenvalue weighted by atomic mass is 10.0. The van der Waals surface area contributed by atoms with E-state index < -0.39 is 6.04 Å². The number of anilines is 1. The van der Waals surface area contributed by atoms with E-state index in [2.05, 4.69) is 10.6 Å². The molecule has 1 aromatic carbocycles. The smallest absolute Gasteiger partial charge is 0.241 e. The van der Waals surface area contributed by atoms with Gasteiger partial charge in [0, 0.05) is 12.7 Å². The van der Waals surface area contributed by atoms with Crippen LogP contribution in [0.25, 0.3) is 0 Å². The van der Waals surface area contributed by atoms with Crippen molar-refractivity contribution in [1.29, 1.82) is 0 Å². The molecule has 1 atom stereocenters. The molecule has 0 fully saturated rings. The largest absolute Gasteiger partial charge is 0.359 e. The van der Waals surface area contributed by atoms with E-state index in [-0.39, 0.29) is 24.2 Å². The lowest BCUT2D eigenvalue weighted by Crippen LogP contribution is -2.40. The number of carbonyl (C=O) groups is 2. The summed E-state index contributed by atoms with van der Waals surface area (Å²) in [5, 5.41) is 5.34. The highest BCUT2D eigenvalue weighted by Gasteiger charge is 2.18. The summed E-state index contributed by atoms with van der Waals surface area (Å²) in [4.78, 5) is 23.3. The highest BCUT2D eigenvalue weighted by Crippen LogP contribution is 2.16. The molecule has 1 rings (SSSR count). The lowest BCUT2D eigenvalue weighted by molar-refractivity contribution is -0.120. The van der Waals surface area contributed by atoms with E-state index in [0.29, 0.717) is 5.69 Å². The molecule has 0 saturated carbocycles. The number of likely N-dealkylation sites (N-methyl/N-ethyl adjacent to an activating group) is 1. The fraction of sp³-hybridized carbons (Fsp3) is 0.429. The SMILES string of the molecule is CNC(=O)Cc1ccccc1NC(=O)C(N)C(C)C. The number of carbonyl (C=O) groups excluding carboxylic acids is 2. The van der Waals surface area contributed by atoms with Gasteiger partial charge in [0.1, 0.15) is 0 Å². The fourth-order valence-corrected chi connectivity index (χ4v) is 1.58. The molecule has 0 heterocycles. The molecule has 19 heavy (non-hydrogen) atoms. The summed E-state index contributed by atoms with van der Waals surface area (Å²) < 4.78 is 0. The Balaban J connectivity index is 2.83. The maximum Gasteiger partial charge on any atom is 0.241 e. The zero-order valence-corrected chi connectivity index (χ0v) is 11.6. The number of nitrogens with one attached hydrogen (secondary N) is 2. The minimum absolute atomic E-state index is 0.0612. The molecule has 5 nitrogen and oxygen atoms in total. The molecule has 2 amide bonds. The molecule has 0 aromatic heterocycles. The van der Waals surface area contributed by atoms with Gasteiger partial charge in [-0.25, -0.2) is 0 Å². The van der Waals surface area contributed by atoms with Crippen LogP contribution < -0.4 is 16.4 Å². The minimum atomic E-state index is -0.562. The second kappa shape index (κ2) is 6.89. The van der Waals surface area contributed by atoms with Gasteiger partial charge in [0.15, 0.2) is 0 Å².